The van der Waals surface area contributed by atoms with Crippen LogP contribution in [0.15, 0.2) is 28.8 Å². The first-order valence-corrected chi connectivity index (χ1v) is 5.39. The van der Waals surface area contributed by atoms with Gasteiger partial charge in [-0.3, -0.25) is 15.1 Å². The maximum absolute atomic E-state index is 11.5. The predicted molar refractivity (Wildman–Crippen MR) is 58.9 cm³/mol. The van der Waals surface area contributed by atoms with E-state index in [1.807, 2.05) is 6.07 Å². The Kier molecular flexibility index (Phi) is 2.32. The van der Waals surface area contributed by atoms with Gasteiger partial charge in [0.25, 0.3) is 5.89 Å². The molecule has 1 amide bonds. The number of nitrogens with zero attached hydrogens (tertiary/aromatic N) is 3. The monoisotopic (exact) mass is 230 g/mol. The summed E-state index contributed by atoms with van der Waals surface area (Å²) in [6.45, 7) is 0. The van der Waals surface area contributed by atoms with Crippen molar-refractivity contribution in [2.24, 2.45) is 5.92 Å². The van der Waals surface area contributed by atoms with Crippen molar-refractivity contribution in [2.75, 3.05) is 5.32 Å². The maximum atomic E-state index is 11.5. The summed E-state index contributed by atoms with van der Waals surface area (Å²) in [4.78, 5) is 15.5. The molecule has 1 aliphatic rings. The fourth-order valence-corrected chi connectivity index (χ4v) is 1.42. The molecule has 6 nitrogen and oxygen atoms in total. The largest absolute Gasteiger partial charge is 0.401 e. The van der Waals surface area contributed by atoms with Gasteiger partial charge < -0.3 is 4.42 Å². The molecule has 1 aliphatic carbocycles. The number of carbonyl (C=O) groups excluding carboxylic acids is 1. The molecule has 0 bridgehead atoms. The highest BCUT2D eigenvalue weighted by Crippen LogP contribution is 2.30. The van der Waals surface area contributed by atoms with Crippen LogP contribution in [0.25, 0.3) is 11.6 Å². The Bertz CT molecular complexity index is 533. The van der Waals surface area contributed by atoms with Gasteiger partial charge >= 0.3 is 6.01 Å². The first-order valence-electron chi connectivity index (χ1n) is 5.39. The van der Waals surface area contributed by atoms with E-state index >= 15 is 0 Å². The summed E-state index contributed by atoms with van der Waals surface area (Å²) in [7, 11) is 0. The van der Waals surface area contributed by atoms with E-state index in [0.717, 1.165) is 12.8 Å². The van der Waals surface area contributed by atoms with Crippen molar-refractivity contribution in [3.8, 4) is 11.6 Å². The Morgan fingerprint density at radius 2 is 2.24 bits per heavy atom. The molecule has 86 valence electrons. The minimum atomic E-state index is -0.0544. The first kappa shape index (κ1) is 9.95. The van der Waals surface area contributed by atoms with Crippen LogP contribution in [0, 0.1) is 5.92 Å². The normalized spacial score (nSPS) is 14.6. The minimum Gasteiger partial charge on any atom is -0.401 e. The van der Waals surface area contributed by atoms with Crippen molar-refractivity contribution in [1.29, 1.82) is 0 Å². The van der Waals surface area contributed by atoms with Gasteiger partial charge in [-0.1, -0.05) is 11.2 Å². The van der Waals surface area contributed by atoms with Crippen LogP contribution in [-0.2, 0) is 4.79 Å². The summed E-state index contributed by atoms with van der Waals surface area (Å²) in [5.74, 6) is 0.359. The van der Waals surface area contributed by atoms with Gasteiger partial charge in [0.05, 0.1) is 0 Å². The molecule has 0 atom stereocenters. The Morgan fingerprint density at radius 1 is 1.35 bits per heavy atom. The molecule has 0 aromatic carbocycles. The van der Waals surface area contributed by atoms with E-state index in [-0.39, 0.29) is 17.8 Å². The van der Waals surface area contributed by atoms with E-state index in [2.05, 4.69) is 20.5 Å². The molecular formula is C11H10N4O2. The van der Waals surface area contributed by atoms with Gasteiger partial charge in [-0.25, -0.2) is 0 Å². The molecule has 3 rings (SSSR count). The number of rotatable bonds is 3. The van der Waals surface area contributed by atoms with Crippen LogP contribution in [0.3, 0.4) is 0 Å². The molecule has 6 heteroatoms. The molecule has 2 heterocycles. The number of hydrogen-bond acceptors (Lipinski definition) is 5. The second-order valence-electron chi connectivity index (χ2n) is 3.89. The molecular weight excluding hydrogens is 220 g/mol. The van der Waals surface area contributed by atoms with Gasteiger partial charge in [-0.15, -0.1) is 5.10 Å². The fraction of sp³-hybridized carbons (Fsp3) is 0.273. The summed E-state index contributed by atoms with van der Waals surface area (Å²) < 4.78 is 5.30. The highest BCUT2D eigenvalue weighted by molar-refractivity contribution is 5.92. The molecule has 0 radical (unpaired) electrons. The van der Waals surface area contributed by atoms with Crippen molar-refractivity contribution in [2.45, 2.75) is 12.8 Å². The minimum absolute atomic E-state index is 0.0544. The van der Waals surface area contributed by atoms with Gasteiger partial charge in [-0.05, 0) is 25.0 Å². The van der Waals surface area contributed by atoms with E-state index in [9.17, 15) is 4.79 Å². The lowest BCUT2D eigenvalue weighted by atomic mass is 10.3. The number of anilines is 1. The third kappa shape index (κ3) is 2.15. The zero-order valence-electron chi connectivity index (χ0n) is 8.96. The Hall–Kier alpha value is -2.24. The topological polar surface area (TPSA) is 80.9 Å². The van der Waals surface area contributed by atoms with Crippen molar-refractivity contribution in [1.82, 2.24) is 15.2 Å². The average Bonchev–Trinajstić information content (AvgIpc) is 3.12. The lowest BCUT2D eigenvalue weighted by Crippen LogP contribution is -2.13. The number of nitrogens with one attached hydrogen (secondary N) is 1. The summed E-state index contributed by atoms with van der Waals surface area (Å²) in [6.07, 6.45) is 3.52. The molecule has 1 fully saturated rings. The molecule has 2 aromatic heterocycles. The zero-order valence-corrected chi connectivity index (χ0v) is 8.96. The number of carbonyl (C=O) groups is 1. The number of aromatic nitrogens is 3. The zero-order chi connectivity index (χ0) is 11.7. The highest BCUT2D eigenvalue weighted by Gasteiger charge is 2.30. The molecule has 0 aliphatic heterocycles. The second kappa shape index (κ2) is 3.97. The van der Waals surface area contributed by atoms with Crippen molar-refractivity contribution in [3.05, 3.63) is 24.4 Å². The van der Waals surface area contributed by atoms with Crippen molar-refractivity contribution >= 4 is 11.9 Å². The van der Waals surface area contributed by atoms with E-state index in [1.54, 1.807) is 18.3 Å². The lowest BCUT2D eigenvalue weighted by molar-refractivity contribution is -0.117. The number of hydrogen-bond donors (Lipinski definition) is 1. The van der Waals surface area contributed by atoms with Crippen LogP contribution < -0.4 is 5.32 Å². The van der Waals surface area contributed by atoms with E-state index in [1.165, 1.54) is 0 Å². The van der Waals surface area contributed by atoms with Crippen molar-refractivity contribution < 1.29 is 9.21 Å². The molecule has 0 unspecified atom stereocenters. The maximum Gasteiger partial charge on any atom is 0.322 e. The van der Waals surface area contributed by atoms with Crippen LogP contribution in [0.1, 0.15) is 12.8 Å². The van der Waals surface area contributed by atoms with Gasteiger partial charge in [0.2, 0.25) is 5.91 Å². The smallest absolute Gasteiger partial charge is 0.322 e. The number of amides is 1. The van der Waals surface area contributed by atoms with Gasteiger partial charge in [-0.2, -0.15) is 0 Å². The second-order valence-corrected chi connectivity index (χ2v) is 3.89. The predicted octanol–water partition coefficient (Wildman–Crippen LogP) is 1.48. The van der Waals surface area contributed by atoms with Crippen LogP contribution >= 0.6 is 0 Å². The van der Waals surface area contributed by atoms with Crippen LogP contribution in [0.2, 0.25) is 0 Å². The third-order valence-corrected chi connectivity index (χ3v) is 2.49. The van der Waals surface area contributed by atoms with Crippen LogP contribution in [0.5, 0.6) is 0 Å². The average molecular weight is 230 g/mol. The van der Waals surface area contributed by atoms with Gasteiger partial charge in [0.1, 0.15) is 5.69 Å². The summed E-state index contributed by atoms with van der Waals surface area (Å²) >= 11 is 0. The Morgan fingerprint density at radius 3 is 2.94 bits per heavy atom. The molecule has 17 heavy (non-hydrogen) atoms. The Labute approximate surface area is 97.1 Å². The Balaban J connectivity index is 1.76. The van der Waals surface area contributed by atoms with E-state index in [0.29, 0.717) is 11.6 Å². The van der Waals surface area contributed by atoms with E-state index in [4.69, 9.17) is 4.42 Å². The molecule has 1 saturated carbocycles. The fourth-order valence-electron chi connectivity index (χ4n) is 1.42. The summed E-state index contributed by atoms with van der Waals surface area (Å²) in [5, 5.41) is 10.2. The molecule has 1 N–H and O–H groups in total. The molecule has 2 aromatic rings. The number of pyridine rings is 1. The quantitative estimate of drug-likeness (QED) is 0.863. The van der Waals surface area contributed by atoms with E-state index < -0.39 is 0 Å². The van der Waals surface area contributed by atoms with Crippen LogP contribution in [-0.4, -0.2) is 21.1 Å². The van der Waals surface area contributed by atoms with Crippen LogP contribution in [0.4, 0.5) is 6.01 Å². The standard InChI is InChI=1S/C11H10N4O2/c16-9(7-4-5-7)13-11-15-14-10(17-11)8-3-1-2-6-12-8/h1-3,6-7H,4-5H2,(H,13,15,16). The van der Waals surface area contributed by atoms with Gasteiger partial charge in [0, 0.05) is 12.1 Å². The van der Waals surface area contributed by atoms with Crippen molar-refractivity contribution in [3.63, 3.8) is 0 Å². The molecule has 0 saturated heterocycles. The summed E-state index contributed by atoms with van der Waals surface area (Å²) in [6, 6.07) is 5.52. The first-order chi connectivity index (χ1) is 8.33. The summed E-state index contributed by atoms with van der Waals surface area (Å²) in [5.41, 5.74) is 0.590. The van der Waals surface area contributed by atoms with Gasteiger partial charge in [0.15, 0.2) is 0 Å². The third-order valence-electron chi connectivity index (χ3n) is 2.49. The SMILES string of the molecule is O=C(Nc1nnc(-c2ccccn2)o1)C1CC1. The molecule has 0 spiro atoms. The lowest BCUT2D eigenvalue weighted by Gasteiger charge is -1.96. The highest BCUT2D eigenvalue weighted by atomic mass is 16.4.